The minimum absolute atomic E-state index is 0.287. The van der Waals surface area contributed by atoms with Crippen molar-refractivity contribution in [2.75, 3.05) is 19.5 Å². The number of benzene rings is 1. The van der Waals surface area contributed by atoms with E-state index in [1.165, 1.54) is 0 Å². The monoisotopic (exact) mass is 289 g/mol. The lowest BCUT2D eigenvalue weighted by atomic mass is 10.2. The van der Waals surface area contributed by atoms with Crippen molar-refractivity contribution in [1.82, 2.24) is 4.98 Å². The Hall–Kier alpha value is -2.34. The lowest BCUT2D eigenvalue weighted by molar-refractivity contribution is 0.395. The minimum Gasteiger partial charge on any atom is -0.497 e. The van der Waals surface area contributed by atoms with Crippen LogP contribution >= 0.6 is 12.2 Å². The third-order valence-electron chi connectivity index (χ3n) is 2.69. The highest BCUT2D eigenvalue weighted by Gasteiger charge is 2.08. The summed E-state index contributed by atoms with van der Waals surface area (Å²) in [6, 6.07) is 9.06. The van der Waals surface area contributed by atoms with Crippen LogP contribution in [0.15, 0.2) is 36.5 Å². The SMILES string of the molecule is COc1cc(Nc2ncccc2C(N)=S)cc(OC)c1. The zero-order valence-corrected chi connectivity index (χ0v) is 12.0. The van der Waals surface area contributed by atoms with Crippen molar-refractivity contribution in [3.63, 3.8) is 0 Å². The molecule has 0 spiro atoms. The third kappa shape index (κ3) is 3.16. The summed E-state index contributed by atoms with van der Waals surface area (Å²) in [5.41, 5.74) is 7.14. The maximum absolute atomic E-state index is 5.68. The van der Waals surface area contributed by atoms with Crippen LogP contribution < -0.4 is 20.5 Å². The summed E-state index contributed by atoms with van der Waals surface area (Å²) in [5.74, 6) is 1.95. The fourth-order valence-electron chi connectivity index (χ4n) is 1.72. The number of ether oxygens (including phenoxy) is 2. The van der Waals surface area contributed by atoms with Gasteiger partial charge in [0.15, 0.2) is 0 Å². The van der Waals surface area contributed by atoms with E-state index in [2.05, 4.69) is 10.3 Å². The molecule has 0 aliphatic heterocycles. The van der Waals surface area contributed by atoms with Crippen molar-refractivity contribution in [3.8, 4) is 11.5 Å². The number of anilines is 2. The van der Waals surface area contributed by atoms with Gasteiger partial charge in [-0.2, -0.15) is 0 Å². The Morgan fingerprint density at radius 2 is 1.85 bits per heavy atom. The number of methoxy groups -OCH3 is 2. The summed E-state index contributed by atoms with van der Waals surface area (Å²) in [6.45, 7) is 0. The molecule has 1 aromatic carbocycles. The van der Waals surface area contributed by atoms with E-state index in [1.54, 1.807) is 32.5 Å². The van der Waals surface area contributed by atoms with Gasteiger partial charge in [-0.15, -0.1) is 0 Å². The van der Waals surface area contributed by atoms with Crippen molar-refractivity contribution in [2.24, 2.45) is 5.73 Å². The van der Waals surface area contributed by atoms with Gasteiger partial charge in [-0.3, -0.25) is 0 Å². The predicted molar refractivity (Wildman–Crippen MR) is 83.0 cm³/mol. The Bertz CT molecular complexity index is 609. The number of nitrogens with one attached hydrogen (secondary N) is 1. The van der Waals surface area contributed by atoms with Crippen molar-refractivity contribution < 1.29 is 9.47 Å². The largest absolute Gasteiger partial charge is 0.497 e. The van der Waals surface area contributed by atoms with Crippen LogP contribution in [0.25, 0.3) is 0 Å². The van der Waals surface area contributed by atoms with Gasteiger partial charge in [0.1, 0.15) is 22.3 Å². The maximum atomic E-state index is 5.68. The number of pyridine rings is 1. The molecule has 20 heavy (non-hydrogen) atoms. The average Bonchev–Trinajstić information content (AvgIpc) is 2.47. The summed E-state index contributed by atoms with van der Waals surface area (Å²) in [6.07, 6.45) is 1.67. The second-order valence-electron chi connectivity index (χ2n) is 3.99. The average molecular weight is 289 g/mol. The van der Waals surface area contributed by atoms with E-state index in [9.17, 15) is 0 Å². The smallest absolute Gasteiger partial charge is 0.140 e. The molecule has 0 aliphatic rings. The Labute approximate surface area is 122 Å². The van der Waals surface area contributed by atoms with Gasteiger partial charge in [0.05, 0.1) is 19.8 Å². The van der Waals surface area contributed by atoms with E-state index in [4.69, 9.17) is 27.4 Å². The Balaban J connectivity index is 2.37. The molecule has 104 valence electrons. The quantitative estimate of drug-likeness (QED) is 0.824. The number of thiocarbonyl (C=S) groups is 1. The number of nitrogens with zero attached hydrogens (tertiary/aromatic N) is 1. The molecule has 0 saturated carbocycles. The maximum Gasteiger partial charge on any atom is 0.140 e. The van der Waals surface area contributed by atoms with Crippen molar-refractivity contribution >= 4 is 28.7 Å². The molecule has 2 rings (SSSR count). The summed E-state index contributed by atoms with van der Waals surface area (Å²) >= 11 is 5.01. The molecule has 6 heteroatoms. The number of aromatic nitrogens is 1. The van der Waals surface area contributed by atoms with Crippen LogP contribution in [-0.4, -0.2) is 24.2 Å². The number of rotatable bonds is 5. The molecule has 2 aromatic rings. The van der Waals surface area contributed by atoms with Crippen LogP contribution in [0, 0.1) is 0 Å². The Kier molecular flexibility index (Phi) is 4.37. The summed E-state index contributed by atoms with van der Waals surface area (Å²) in [7, 11) is 3.19. The zero-order valence-electron chi connectivity index (χ0n) is 11.2. The molecule has 1 heterocycles. The van der Waals surface area contributed by atoms with E-state index < -0.39 is 0 Å². The first-order chi connectivity index (χ1) is 9.63. The fraction of sp³-hybridized carbons (Fsp3) is 0.143. The third-order valence-corrected chi connectivity index (χ3v) is 2.91. The first-order valence-electron chi connectivity index (χ1n) is 5.89. The van der Waals surface area contributed by atoms with Gasteiger partial charge in [0, 0.05) is 30.1 Å². The van der Waals surface area contributed by atoms with Crippen LogP contribution in [0.1, 0.15) is 5.56 Å². The molecule has 0 fully saturated rings. The number of hydrogen-bond donors (Lipinski definition) is 2. The van der Waals surface area contributed by atoms with Gasteiger partial charge in [0.25, 0.3) is 0 Å². The zero-order chi connectivity index (χ0) is 14.5. The Morgan fingerprint density at radius 3 is 2.40 bits per heavy atom. The predicted octanol–water partition coefficient (Wildman–Crippen LogP) is 2.48. The van der Waals surface area contributed by atoms with Crippen LogP contribution in [-0.2, 0) is 0 Å². The molecule has 0 amide bonds. The second kappa shape index (κ2) is 6.21. The van der Waals surface area contributed by atoms with Crippen molar-refractivity contribution in [1.29, 1.82) is 0 Å². The van der Waals surface area contributed by atoms with Crippen LogP contribution in [0.2, 0.25) is 0 Å². The molecule has 5 nitrogen and oxygen atoms in total. The van der Waals surface area contributed by atoms with Gasteiger partial charge in [-0.25, -0.2) is 4.98 Å². The van der Waals surface area contributed by atoms with Gasteiger partial charge in [-0.05, 0) is 12.1 Å². The summed E-state index contributed by atoms with van der Waals surface area (Å²) in [5, 5.41) is 3.16. The lowest BCUT2D eigenvalue weighted by Gasteiger charge is -2.12. The minimum atomic E-state index is 0.287. The highest BCUT2D eigenvalue weighted by molar-refractivity contribution is 7.80. The van der Waals surface area contributed by atoms with E-state index >= 15 is 0 Å². The molecular formula is C14H15N3O2S. The van der Waals surface area contributed by atoms with Crippen LogP contribution in [0.3, 0.4) is 0 Å². The normalized spacial score (nSPS) is 9.90. The van der Waals surface area contributed by atoms with Gasteiger partial charge >= 0.3 is 0 Å². The Morgan fingerprint density at radius 1 is 1.20 bits per heavy atom. The molecule has 0 atom stereocenters. The lowest BCUT2D eigenvalue weighted by Crippen LogP contribution is -2.12. The second-order valence-corrected chi connectivity index (χ2v) is 4.43. The van der Waals surface area contributed by atoms with Crippen molar-refractivity contribution in [2.45, 2.75) is 0 Å². The first-order valence-corrected chi connectivity index (χ1v) is 6.29. The standard InChI is InChI=1S/C14H15N3O2S/c1-18-10-6-9(7-11(8-10)19-2)17-14-12(13(15)20)4-3-5-16-14/h3-8H,1-2H3,(H2,15,20)(H,16,17). The van der Waals surface area contributed by atoms with E-state index in [-0.39, 0.29) is 4.99 Å². The topological polar surface area (TPSA) is 69.4 Å². The van der Waals surface area contributed by atoms with Crippen LogP contribution in [0.5, 0.6) is 11.5 Å². The van der Waals surface area contributed by atoms with E-state index in [0.29, 0.717) is 22.9 Å². The number of nitrogens with two attached hydrogens (primary N) is 1. The first kappa shape index (κ1) is 14.1. The van der Waals surface area contributed by atoms with Crippen LogP contribution in [0.4, 0.5) is 11.5 Å². The molecule has 0 bridgehead atoms. The van der Waals surface area contributed by atoms with Gasteiger partial charge in [0.2, 0.25) is 0 Å². The molecule has 3 N–H and O–H groups in total. The number of hydrogen-bond acceptors (Lipinski definition) is 5. The van der Waals surface area contributed by atoms with E-state index in [0.717, 1.165) is 5.69 Å². The molecule has 1 aromatic heterocycles. The summed E-state index contributed by atoms with van der Waals surface area (Å²) in [4.78, 5) is 4.53. The molecule has 0 unspecified atom stereocenters. The van der Waals surface area contributed by atoms with Gasteiger partial charge in [-0.1, -0.05) is 12.2 Å². The molecule has 0 aliphatic carbocycles. The summed E-state index contributed by atoms with van der Waals surface area (Å²) < 4.78 is 10.4. The molecule has 0 radical (unpaired) electrons. The van der Waals surface area contributed by atoms with Gasteiger partial charge < -0.3 is 20.5 Å². The fourth-order valence-corrected chi connectivity index (χ4v) is 1.88. The van der Waals surface area contributed by atoms with E-state index in [1.807, 2.05) is 18.2 Å². The molecule has 0 saturated heterocycles. The highest BCUT2D eigenvalue weighted by atomic mass is 32.1. The highest BCUT2D eigenvalue weighted by Crippen LogP contribution is 2.28. The molecular weight excluding hydrogens is 274 g/mol. The van der Waals surface area contributed by atoms with Crippen molar-refractivity contribution in [3.05, 3.63) is 42.1 Å².